The second kappa shape index (κ2) is 7.13. The molecule has 0 fully saturated rings. The number of para-hydroxylation sites is 2. The molecule has 1 unspecified atom stereocenters. The van der Waals surface area contributed by atoms with E-state index >= 15 is 0 Å². The molecule has 5 heteroatoms. The molecule has 1 aliphatic heterocycles. The third-order valence-corrected chi connectivity index (χ3v) is 3.66. The van der Waals surface area contributed by atoms with Gasteiger partial charge in [-0.25, -0.2) is 0 Å². The van der Waals surface area contributed by atoms with Crippen LogP contribution in [0.3, 0.4) is 0 Å². The third-order valence-electron chi connectivity index (χ3n) is 3.66. The van der Waals surface area contributed by atoms with E-state index in [4.69, 9.17) is 9.47 Å². The third kappa shape index (κ3) is 3.62. The minimum atomic E-state index is -0.177. The Balaban J connectivity index is 1.70. The lowest BCUT2D eigenvalue weighted by Gasteiger charge is -2.31. The maximum atomic E-state index is 12.6. The van der Waals surface area contributed by atoms with Crippen LogP contribution in [0.2, 0.25) is 0 Å². The first kappa shape index (κ1) is 15.3. The van der Waals surface area contributed by atoms with Gasteiger partial charge in [-0.1, -0.05) is 25.1 Å². The van der Waals surface area contributed by atoms with Crippen molar-refractivity contribution in [3.8, 4) is 11.5 Å². The van der Waals surface area contributed by atoms with Crippen LogP contribution in [-0.2, 0) is 0 Å². The molecule has 1 aromatic carbocycles. The average Bonchev–Trinajstić information content (AvgIpc) is 2.61. The molecule has 0 N–H and O–H groups in total. The van der Waals surface area contributed by atoms with Crippen molar-refractivity contribution in [2.45, 2.75) is 19.4 Å². The quantitative estimate of drug-likeness (QED) is 0.852. The Morgan fingerprint density at radius 1 is 1.22 bits per heavy atom. The van der Waals surface area contributed by atoms with Crippen LogP contribution in [0.5, 0.6) is 11.5 Å². The Kier molecular flexibility index (Phi) is 4.76. The van der Waals surface area contributed by atoms with Crippen LogP contribution in [0.25, 0.3) is 0 Å². The van der Waals surface area contributed by atoms with Crippen molar-refractivity contribution in [1.29, 1.82) is 0 Å². The van der Waals surface area contributed by atoms with Crippen LogP contribution in [0, 0.1) is 0 Å². The summed E-state index contributed by atoms with van der Waals surface area (Å²) in [5.41, 5.74) is 0.457. The van der Waals surface area contributed by atoms with E-state index in [1.165, 1.54) is 0 Å². The summed E-state index contributed by atoms with van der Waals surface area (Å²) in [5.74, 6) is 1.40. The number of amides is 1. The van der Waals surface area contributed by atoms with E-state index in [2.05, 4.69) is 4.98 Å². The number of fused-ring (bicyclic) bond motifs is 1. The topological polar surface area (TPSA) is 51.7 Å². The molecule has 1 aromatic heterocycles. The zero-order chi connectivity index (χ0) is 16.1. The van der Waals surface area contributed by atoms with Gasteiger partial charge in [-0.05, 0) is 30.7 Å². The zero-order valence-corrected chi connectivity index (χ0v) is 13.1. The molecule has 1 amide bonds. The highest BCUT2D eigenvalue weighted by atomic mass is 16.6. The van der Waals surface area contributed by atoms with Gasteiger partial charge in [0, 0.05) is 12.7 Å². The van der Waals surface area contributed by atoms with E-state index in [1.807, 2.05) is 37.3 Å². The van der Waals surface area contributed by atoms with Crippen LogP contribution in [0.15, 0.2) is 48.7 Å². The maximum absolute atomic E-state index is 12.6. The van der Waals surface area contributed by atoms with Gasteiger partial charge < -0.3 is 14.4 Å². The number of hydrogen-bond acceptors (Lipinski definition) is 4. The molecule has 0 radical (unpaired) electrons. The molecule has 0 saturated heterocycles. The first-order valence-electron chi connectivity index (χ1n) is 7.86. The molecular weight excluding hydrogens is 292 g/mol. The Morgan fingerprint density at radius 2 is 2.00 bits per heavy atom. The fourth-order valence-corrected chi connectivity index (χ4v) is 2.60. The molecule has 23 heavy (non-hydrogen) atoms. The number of carbonyl (C=O) groups excluding carboxylic acids is 1. The van der Waals surface area contributed by atoms with Crippen molar-refractivity contribution in [2.24, 2.45) is 0 Å². The fourth-order valence-electron chi connectivity index (χ4n) is 2.60. The second-order valence-corrected chi connectivity index (χ2v) is 5.46. The van der Waals surface area contributed by atoms with E-state index in [0.29, 0.717) is 25.4 Å². The van der Waals surface area contributed by atoms with Crippen molar-refractivity contribution >= 4 is 5.91 Å². The van der Waals surface area contributed by atoms with Crippen molar-refractivity contribution < 1.29 is 14.3 Å². The average molecular weight is 312 g/mol. The molecule has 1 aliphatic rings. The Labute approximate surface area is 135 Å². The highest BCUT2D eigenvalue weighted by molar-refractivity contribution is 5.92. The Bertz CT molecular complexity index is 660. The van der Waals surface area contributed by atoms with Crippen LogP contribution in [-0.4, -0.2) is 41.6 Å². The second-order valence-electron chi connectivity index (χ2n) is 5.46. The maximum Gasteiger partial charge on any atom is 0.272 e. The molecule has 2 heterocycles. The van der Waals surface area contributed by atoms with Crippen molar-refractivity contribution in [2.75, 3.05) is 19.7 Å². The standard InChI is InChI=1S/C18H20N2O3/c1-2-11-20(18(21)15-7-5-6-10-19-15)12-14-13-22-16-8-3-4-9-17(16)23-14/h3-10,14H,2,11-13H2,1H3. The van der Waals surface area contributed by atoms with Crippen molar-refractivity contribution in [3.05, 3.63) is 54.4 Å². The smallest absolute Gasteiger partial charge is 0.272 e. The van der Waals surface area contributed by atoms with Gasteiger partial charge in [0.2, 0.25) is 0 Å². The summed E-state index contributed by atoms with van der Waals surface area (Å²) in [5, 5.41) is 0. The Morgan fingerprint density at radius 3 is 2.74 bits per heavy atom. The van der Waals surface area contributed by atoms with Crippen LogP contribution in [0.4, 0.5) is 0 Å². The molecule has 0 saturated carbocycles. The van der Waals surface area contributed by atoms with Gasteiger partial charge >= 0.3 is 0 Å². The number of ether oxygens (including phenoxy) is 2. The monoisotopic (exact) mass is 312 g/mol. The first-order chi connectivity index (χ1) is 11.3. The lowest BCUT2D eigenvalue weighted by atomic mass is 10.2. The predicted molar refractivity (Wildman–Crippen MR) is 86.8 cm³/mol. The molecule has 0 bridgehead atoms. The number of aromatic nitrogens is 1. The molecule has 5 nitrogen and oxygen atoms in total. The number of carbonyl (C=O) groups is 1. The highest BCUT2D eigenvalue weighted by Gasteiger charge is 2.26. The lowest BCUT2D eigenvalue weighted by molar-refractivity contribution is 0.0459. The van der Waals surface area contributed by atoms with E-state index in [9.17, 15) is 4.79 Å². The number of pyridine rings is 1. The van der Waals surface area contributed by atoms with Gasteiger partial charge in [-0.15, -0.1) is 0 Å². The van der Waals surface area contributed by atoms with Crippen LogP contribution < -0.4 is 9.47 Å². The van der Waals surface area contributed by atoms with Gasteiger partial charge in [-0.3, -0.25) is 9.78 Å². The van der Waals surface area contributed by atoms with E-state index in [1.54, 1.807) is 23.2 Å². The summed E-state index contributed by atoms with van der Waals surface area (Å²) < 4.78 is 11.7. The fraction of sp³-hybridized carbons (Fsp3) is 0.333. The summed E-state index contributed by atoms with van der Waals surface area (Å²) in [4.78, 5) is 18.6. The van der Waals surface area contributed by atoms with Crippen molar-refractivity contribution in [1.82, 2.24) is 9.88 Å². The number of nitrogens with zero attached hydrogens (tertiary/aromatic N) is 2. The summed E-state index contributed by atoms with van der Waals surface area (Å²) >= 11 is 0. The summed E-state index contributed by atoms with van der Waals surface area (Å²) in [6.07, 6.45) is 2.33. The normalized spacial score (nSPS) is 16.0. The minimum absolute atomic E-state index is 0.0742. The molecule has 1 atom stereocenters. The van der Waals surface area contributed by atoms with E-state index in [-0.39, 0.29) is 12.0 Å². The number of benzene rings is 1. The van der Waals surface area contributed by atoms with Crippen LogP contribution in [0.1, 0.15) is 23.8 Å². The van der Waals surface area contributed by atoms with Gasteiger partial charge in [0.15, 0.2) is 17.6 Å². The minimum Gasteiger partial charge on any atom is -0.486 e. The van der Waals surface area contributed by atoms with E-state index < -0.39 is 0 Å². The van der Waals surface area contributed by atoms with Gasteiger partial charge in [0.25, 0.3) is 5.91 Å². The molecule has 2 aromatic rings. The Hall–Kier alpha value is -2.56. The number of hydrogen-bond donors (Lipinski definition) is 0. The zero-order valence-electron chi connectivity index (χ0n) is 13.1. The first-order valence-corrected chi connectivity index (χ1v) is 7.86. The van der Waals surface area contributed by atoms with Crippen molar-refractivity contribution in [3.63, 3.8) is 0 Å². The predicted octanol–water partition coefficient (Wildman–Crippen LogP) is 2.77. The molecular formula is C18H20N2O3. The molecule has 0 aliphatic carbocycles. The van der Waals surface area contributed by atoms with E-state index in [0.717, 1.165) is 17.9 Å². The van der Waals surface area contributed by atoms with Crippen LogP contribution >= 0.6 is 0 Å². The summed E-state index contributed by atoms with van der Waals surface area (Å²) in [6, 6.07) is 12.9. The summed E-state index contributed by atoms with van der Waals surface area (Å²) in [6.45, 7) is 3.63. The molecule has 0 spiro atoms. The number of rotatable bonds is 5. The summed E-state index contributed by atoms with van der Waals surface area (Å²) in [7, 11) is 0. The molecule has 3 rings (SSSR count). The molecule has 120 valence electrons. The highest BCUT2D eigenvalue weighted by Crippen LogP contribution is 2.31. The lowest BCUT2D eigenvalue weighted by Crippen LogP contribution is -2.44. The SMILES string of the molecule is CCCN(CC1COc2ccccc2O1)C(=O)c1ccccn1. The largest absolute Gasteiger partial charge is 0.486 e. The van der Waals surface area contributed by atoms with Gasteiger partial charge in [0.05, 0.1) is 6.54 Å². The van der Waals surface area contributed by atoms with Gasteiger partial charge in [0.1, 0.15) is 12.3 Å². The van der Waals surface area contributed by atoms with Gasteiger partial charge in [-0.2, -0.15) is 0 Å².